The number of nitrogens with zero attached hydrogens (tertiary/aromatic N) is 1. The molecule has 0 saturated carbocycles. The molecule has 3 heteroatoms. The molecule has 0 spiro atoms. The summed E-state index contributed by atoms with van der Waals surface area (Å²) in [5, 5.41) is 0. The standard InChI is InChI=1S/C12H22N2O/c1-5-8-14(9-6-2)12(15)11(13)10(4)7-3/h5-6,10-11H,1-2,7-9,13H2,3-4H3/t10?,11-/m0/s1. The van der Waals surface area contributed by atoms with Crippen molar-refractivity contribution in [2.75, 3.05) is 13.1 Å². The zero-order chi connectivity index (χ0) is 11.8. The van der Waals surface area contributed by atoms with E-state index in [4.69, 9.17) is 5.73 Å². The first kappa shape index (κ1) is 13.9. The second kappa shape index (κ2) is 7.23. The van der Waals surface area contributed by atoms with Gasteiger partial charge in [-0.15, -0.1) is 13.2 Å². The summed E-state index contributed by atoms with van der Waals surface area (Å²) >= 11 is 0. The second-order valence-corrected chi connectivity index (χ2v) is 3.73. The Labute approximate surface area is 92.6 Å². The summed E-state index contributed by atoms with van der Waals surface area (Å²) in [5.41, 5.74) is 5.87. The molecule has 86 valence electrons. The van der Waals surface area contributed by atoms with Crippen LogP contribution in [-0.2, 0) is 4.79 Å². The lowest BCUT2D eigenvalue weighted by Gasteiger charge is -2.26. The maximum atomic E-state index is 11.9. The van der Waals surface area contributed by atoms with Crippen LogP contribution < -0.4 is 5.73 Å². The van der Waals surface area contributed by atoms with Crippen LogP contribution in [0.1, 0.15) is 20.3 Å². The Hall–Kier alpha value is -1.09. The largest absolute Gasteiger partial charge is 0.334 e. The predicted octanol–water partition coefficient (Wildman–Crippen LogP) is 1.56. The van der Waals surface area contributed by atoms with Crippen molar-refractivity contribution < 1.29 is 4.79 Å². The zero-order valence-electron chi connectivity index (χ0n) is 9.78. The maximum Gasteiger partial charge on any atom is 0.240 e. The van der Waals surface area contributed by atoms with Crippen LogP contribution in [0.25, 0.3) is 0 Å². The molecule has 0 saturated heterocycles. The van der Waals surface area contributed by atoms with Crippen LogP contribution in [0.5, 0.6) is 0 Å². The van der Waals surface area contributed by atoms with Crippen LogP contribution in [0.4, 0.5) is 0 Å². The van der Waals surface area contributed by atoms with E-state index in [1.807, 2.05) is 13.8 Å². The van der Waals surface area contributed by atoms with E-state index in [1.165, 1.54) is 0 Å². The van der Waals surface area contributed by atoms with E-state index < -0.39 is 6.04 Å². The molecule has 0 aliphatic carbocycles. The molecule has 0 rings (SSSR count). The number of carbonyl (C=O) groups is 1. The van der Waals surface area contributed by atoms with Gasteiger partial charge in [-0.05, 0) is 5.92 Å². The summed E-state index contributed by atoms with van der Waals surface area (Å²) in [6.07, 6.45) is 4.30. The van der Waals surface area contributed by atoms with Gasteiger partial charge in [0.2, 0.25) is 5.91 Å². The molecule has 1 amide bonds. The van der Waals surface area contributed by atoms with E-state index in [-0.39, 0.29) is 11.8 Å². The molecule has 0 aromatic rings. The first-order valence-electron chi connectivity index (χ1n) is 5.34. The molecular formula is C12H22N2O. The number of nitrogens with two attached hydrogens (primary N) is 1. The minimum atomic E-state index is -0.421. The van der Waals surface area contributed by atoms with Gasteiger partial charge in [-0.25, -0.2) is 0 Å². The van der Waals surface area contributed by atoms with Crippen LogP contribution in [0, 0.1) is 5.92 Å². The van der Waals surface area contributed by atoms with Crippen molar-refractivity contribution in [1.82, 2.24) is 4.90 Å². The van der Waals surface area contributed by atoms with E-state index in [1.54, 1.807) is 17.1 Å². The van der Waals surface area contributed by atoms with Gasteiger partial charge >= 0.3 is 0 Å². The lowest BCUT2D eigenvalue weighted by Crippen LogP contribution is -2.47. The third kappa shape index (κ3) is 4.30. The topological polar surface area (TPSA) is 46.3 Å². The van der Waals surface area contributed by atoms with E-state index in [0.29, 0.717) is 13.1 Å². The van der Waals surface area contributed by atoms with Crippen LogP contribution in [-0.4, -0.2) is 29.9 Å². The zero-order valence-corrected chi connectivity index (χ0v) is 9.78. The maximum absolute atomic E-state index is 11.9. The first-order valence-corrected chi connectivity index (χ1v) is 5.34. The van der Waals surface area contributed by atoms with Crippen molar-refractivity contribution in [3.05, 3.63) is 25.3 Å². The Kier molecular flexibility index (Phi) is 6.71. The molecule has 15 heavy (non-hydrogen) atoms. The Morgan fingerprint density at radius 1 is 1.40 bits per heavy atom. The van der Waals surface area contributed by atoms with Crippen molar-refractivity contribution in [1.29, 1.82) is 0 Å². The summed E-state index contributed by atoms with van der Waals surface area (Å²) in [5.74, 6) is 0.179. The highest BCUT2D eigenvalue weighted by atomic mass is 16.2. The summed E-state index contributed by atoms with van der Waals surface area (Å²) in [6, 6.07) is -0.421. The number of amides is 1. The molecule has 2 N–H and O–H groups in total. The Morgan fingerprint density at radius 3 is 2.20 bits per heavy atom. The molecule has 0 aromatic heterocycles. The second-order valence-electron chi connectivity index (χ2n) is 3.73. The Bertz CT molecular complexity index is 216. The first-order chi connectivity index (χ1) is 7.08. The number of rotatable bonds is 7. The van der Waals surface area contributed by atoms with E-state index in [2.05, 4.69) is 13.2 Å². The predicted molar refractivity (Wildman–Crippen MR) is 64.4 cm³/mol. The van der Waals surface area contributed by atoms with E-state index >= 15 is 0 Å². The third-order valence-electron chi connectivity index (χ3n) is 2.55. The molecule has 0 aliphatic heterocycles. The van der Waals surface area contributed by atoms with Crippen molar-refractivity contribution >= 4 is 5.91 Å². The van der Waals surface area contributed by atoms with Crippen LogP contribution in [0.15, 0.2) is 25.3 Å². The molecule has 0 bridgehead atoms. The highest BCUT2D eigenvalue weighted by molar-refractivity contribution is 5.82. The van der Waals surface area contributed by atoms with Crippen molar-refractivity contribution in [3.63, 3.8) is 0 Å². The van der Waals surface area contributed by atoms with Gasteiger partial charge in [0.05, 0.1) is 6.04 Å². The molecular weight excluding hydrogens is 188 g/mol. The summed E-state index contributed by atoms with van der Waals surface area (Å²) in [7, 11) is 0. The molecule has 0 aromatic carbocycles. The summed E-state index contributed by atoms with van der Waals surface area (Å²) in [4.78, 5) is 13.6. The van der Waals surface area contributed by atoms with Gasteiger partial charge in [0.25, 0.3) is 0 Å². The molecule has 1 unspecified atom stereocenters. The highest BCUT2D eigenvalue weighted by Gasteiger charge is 2.23. The van der Waals surface area contributed by atoms with Crippen molar-refractivity contribution in [2.45, 2.75) is 26.3 Å². The average molecular weight is 210 g/mol. The molecule has 0 radical (unpaired) electrons. The fraction of sp³-hybridized carbons (Fsp3) is 0.583. The molecule has 0 fully saturated rings. The van der Waals surface area contributed by atoms with Gasteiger partial charge in [0.15, 0.2) is 0 Å². The monoisotopic (exact) mass is 210 g/mol. The van der Waals surface area contributed by atoms with Gasteiger partial charge in [0.1, 0.15) is 0 Å². The number of carbonyl (C=O) groups excluding carboxylic acids is 1. The van der Waals surface area contributed by atoms with Gasteiger partial charge in [0, 0.05) is 13.1 Å². The quantitative estimate of drug-likeness (QED) is 0.648. The fourth-order valence-corrected chi connectivity index (χ4v) is 1.27. The van der Waals surface area contributed by atoms with Gasteiger partial charge in [-0.2, -0.15) is 0 Å². The van der Waals surface area contributed by atoms with Gasteiger partial charge in [-0.3, -0.25) is 4.79 Å². The average Bonchev–Trinajstić information content (AvgIpc) is 2.25. The molecule has 3 nitrogen and oxygen atoms in total. The summed E-state index contributed by atoms with van der Waals surface area (Å²) < 4.78 is 0. The lowest BCUT2D eigenvalue weighted by atomic mass is 9.99. The third-order valence-corrected chi connectivity index (χ3v) is 2.55. The van der Waals surface area contributed by atoms with Crippen LogP contribution in [0.3, 0.4) is 0 Å². The lowest BCUT2D eigenvalue weighted by molar-refractivity contribution is -0.132. The molecule has 0 aliphatic rings. The minimum Gasteiger partial charge on any atom is -0.334 e. The summed E-state index contributed by atoms with van der Waals surface area (Å²) in [6.45, 7) is 12.3. The SMILES string of the molecule is C=CCN(CC=C)C(=O)[C@@H](N)C(C)CC. The van der Waals surface area contributed by atoms with E-state index in [0.717, 1.165) is 6.42 Å². The number of hydrogen-bond donors (Lipinski definition) is 1. The normalized spacial score (nSPS) is 14.1. The molecule has 0 heterocycles. The smallest absolute Gasteiger partial charge is 0.240 e. The van der Waals surface area contributed by atoms with Crippen molar-refractivity contribution in [2.24, 2.45) is 11.7 Å². The van der Waals surface area contributed by atoms with Crippen LogP contribution >= 0.6 is 0 Å². The Morgan fingerprint density at radius 2 is 1.87 bits per heavy atom. The fourth-order valence-electron chi connectivity index (χ4n) is 1.27. The van der Waals surface area contributed by atoms with Crippen molar-refractivity contribution in [3.8, 4) is 0 Å². The molecule has 2 atom stereocenters. The number of hydrogen-bond acceptors (Lipinski definition) is 2. The van der Waals surface area contributed by atoms with Gasteiger partial charge in [-0.1, -0.05) is 32.4 Å². The van der Waals surface area contributed by atoms with E-state index in [9.17, 15) is 4.79 Å². The van der Waals surface area contributed by atoms with Gasteiger partial charge < -0.3 is 10.6 Å². The Balaban J connectivity index is 4.46. The minimum absolute atomic E-state index is 0.0239. The van der Waals surface area contributed by atoms with Crippen LogP contribution in [0.2, 0.25) is 0 Å². The highest BCUT2D eigenvalue weighted by Crippen LogP contribution is 2.08.